The molecule has 0 spiro atoms. The van der Waals surface area contributed by atoms with E-state index >= 15 is 0 Å². The van der Waals surface area contributed by atoms with Crippen molar-refractivity contribution in [3.05, 3.63) is 24.5 Å². The van der Waals surface area contributed by atoms with Crippen LogP contribution >= 0.6 is 0 Å². The van der Waals surface area contributed by atoms with Gasteiger partial charge in [-0.25, -0.2) is 4.68 Å². The summed E-state index contributed by atoms with van der Waals surface area (Å²) in [6.45, 7) is 0.811. The molecule has 1 aliphatic carbocycles. The highest BCUT2D eigenvalue weighted by molar-refractivity contribution is 5.94. The molecule has 1 fully saturated rings. The predicted octanol–water partition coefficient (Wildman–Crippen LogP) is 2.14. The van der Waals surface area contributed by atoms with Crippen molar-refractivity contribution < 1.29 is 14.3 Å². The summed E-state index contributed by atoms with van der Waals surface area (Å²) < 4.78 is 12.3. The molecular weight excluding hydrogens is 322 g/mol. The Hall–Kier alpha value is -2.64. The third-order valence-electron chi connectivity index (χ3n) is 4.72. The van der Waals surface area contributed by atoms with Crippen molar-refractivity contribution >= 4 is 11.6 Å². The zero-order valence-corrected chi connectivity index (χ0v) is 14.5. The molecule has 1 amide bonds. The van der Waals surface area contributed by atoms with Gasteiger partial charge in [0, 0.05) is 18.5 Å². The summed E-state index contributed by atoms with van der Waals surface area (Å²) in [5.41, 5.74) is 0.641. The molecule has 0 saturated heterocycles. The largest absolute Gasteiger partial charge is 0.497 e. The fourth-order valence-electron chi connectivity index (χ4n) is 3.28. The fourth-order valence-corrected chi connectivity index (χ4v) is 3.28. The summed E-state index contributed by atoms with van der Waals surface area (Å²) in [4.78, 5) is 12.6. The maximum Gasteiger partial charge on any atom is 0.227 e. The van der Waals surface area contributed by atoms with Gasteiger partial charge in [0.05, 0.1) is 19.9 Å². The van der Waals surface area contributed by atoms with E-state index in [1.54, 1.807) is 43.4 Å². The van der Waals surface area contributed by atoms with Crippen LogP contribution in [0, 0.1) is 11.8 Å². The van der Waals surface area contributed by atoms with Crippen LogP contribution in [-0.4, -0.2) is 40.3 Å². The van der Waals surface area contributed by atoms with Gasteiger partial charge in [-0.2, -0.15) is 0 Å². The van der Waals surface area contributed by atoms with E-state index in [4.69, 9.17) is 9.47 Å². The van der Waals surface area contributed by atoms with Crippen molar-refractivity contribution in [2.24, 2.45) is 11.8 Å². The molecule has 3 rings (SSSR count). The van der Waals surface area contributed by atoms with E-state index in [1.165, 1.54) is 0 Å². The van der Waals surface area contributed by atoms with Crippen LogP contribution in [0.15, 0.2) is 24.5 Å². The van der Waals surface area contributed by atoms with E-state index in [2.05, 4.69) is 20.8 Å². The van der Waals surface area contributed by atoms with Crippen LogP contribution in [-0.2, 0) is 11.3 Å². The molecule has 1 aromatic carbocycles. The molecule has 25 heavy (non-hydrogen) atoms. The van der Waals surface area contributed by atoms with Crippen molar-refractivity contribution in [3.63, 3.8) is 0 Å². The first-order valence-corrected chi connectivity index (χ1v) is 8.43. The highest BCUT2D eigenvalue weighted by atomic mass is 16.5. The zero-order valence-electron chi connectivity index (χ0n) is 14.5. The third-order valence-corrected chi connectivity index (χ3v) is 4.72. The van der Waals surface area contributed by atoms with Gasteiger partial charge in [0.25, 0.3) is 0 Å². The van der Waals surface area contributed by atoms with Crippen LogP contribution < -0.4 is 14.8 Å². The summed E-state index contributed by atoms with van der Waals surface area (Å²) in [5.74, 6) is 1.87. The first-order chi connectivity index (χ1) is 12.2. The summed E-state index contributed by atoms with van der Waals surface area (Å²) in [5, 5.41) is 14.2. The monoisotopic (exact) mass is 345 g/mol. The van der Waals surface area contributed by atoms with Crippen molar-refractivity contribution in [3.8, 4) is 11.5 Å². The molecule has 1 aliphatic rings. The molecule has 8 nitrogen and oxygen atoms in total. The van der Waals surface area contributed by atoms with Crippen LogP contribution in [0.5, 0.6) is 11.5 Å². The van der Waals surface area contributed by atoms with Crippen LogP contribution in [0.25, 0.3) is 0 Å². The maximum absolute atomic E-state index is 12.6. The zero-order chi connectivity index (χ0) is 17.6. The summed E-state index contributed by atoms with van der Waals surface area (Å²) in [7, 11) is 3.18. The maximum atomic E-state index is 12.6. The Labute approximate surface area is 146 Å². The number of carbonyl (C=O) groups is 1. The van der Waals surface area contributed by atoms with Gasteiger partial charge < -0.3 is 14.8 Å². The normalized spacial score (nSPS) is 20.1. The average Bonchev–Trinajstić information content (AvgIpc) is 3.15. The third kappa shape index (κ3) is 4.26. The number of methoxy groups -OCH3 is 2. The van der Waals surface area contributed by atoms with E-state index in [9.17, 15) is 4.79 Å². The second-order valence-corrected chi connectivity index (χ2v) is 6.30. The number of aromatic nitrogens is 4. The molecule has 1 N–H and O–H groups in total. The molecule has 1 aromatic heterocycles. The SMILES string of the molecule is COc1ccc(OC)c(NC(=O)C2CCC(Cn3cnnn3)CC2)c1. The first-order valence-electron chi connectivity index (χ1n) is 8.43. The van der Waals surface area contributed by atoms with Gasteiger partial charge in [-0.15, -0.1) is 5.10 Å². The van der Waals surface area contributed by atoms with E-state index in [0.717, 1.165) is 32.2 Å². The quantitative estimate of drug-likeness (QED) is 0.862. The minimum absolute atomic E-state index is 0.0148. The molecule has 0 unspecified atom stereocenters. The number of ether oxygens (including phenoxy) is 2. The molecule has 0 atom stereocenters. The topological polar surface area (TPSA) is 91.2 Å². The number of rotatable bonds is 6. The Morgan fingerprint density at radius 2 is 2.04 bits per heavy atom. The average molecular weight is 345 g/mol. The van der Waals surface area contributed by atoms with E-state index in [0.29, 0.717) is 23.1 Å². The lowest BCUT2D eigenvalue weighted by Gasteiger charge is -2.27. The molecule has 1 heterocycles. The molecule has 8 heteroatoms. The highest BCUT2D eigenvalue weighted by Gasteiger charge is 2.27. The number of nitrogens with zero attached hydrogens (tertiary/aromatic N) is 4. The van der Waals surface area contributed by atoms with Crippen molar-refractivity contribution in [2.45, 2.75) is 32.2 Å². The molecular formula is C17H23N5O3. The smallest absolute Gasteiger partial charge is 0.227 e. The van der Waals surface area contributed by atoms with Gasteiger partial charge in [-0.05, 0) is 54.2 Å². The number of carbonyl (C=O) groups excluding carboxylic acids is 1. The lowest BCUT2D eigenvalue weighted by atomic mass is 9.81. The van der Waals surface area contributed by atoms with Crippen LogP contribution in [0.2, 0.25) is 0 Å². The van der Waals surface area contributed by atoms with E-state index in [1.807, 2.05) is 0 Å². The van der Waals surface area contributed by atoms with Gasteiger partial charge in [0.2, 0.25) is 5.91 Å². The lowest BCUT2D eigenvalue weighted by molar-refractivity contribution is -0.121. The van der Waals surface area contributed by atoms with Gasteiger partial charge in [-0.3, -0.25) is 4.79 Å². The molecule has 1 saturated carbocycles. The number of amides is 1. The minimum atomic E-state index is 0.0148. The van der Waals surface area contributed by atoms with E-state index in [-0.39, 0.29) is 11.8 Å². The number of nitrogens with one attached hydrogen (secondary N) is 1. The Kier molecular flexibility index (Phi) is 5.47. The van der Waals surface area contributed by atoms with Gasteiger partial charge in [-0.1, -0.05) is 0 Å². The van der Waals surface area contributed by atoms with Crippen LogP contribution in [0.3, 0.4) is 0 Å². The molecule has 0 aliphatic heterocycles. The first kappa shape index (κ1) is 17.2. The predicted molar refractivity (Wildman–Crippen MR) is 91.4 cm³/mol. The molecule has 2 aromatic rings. The highest BCUT2D eigenvalue weighted by Crippen LogP contribution is 2.33. The fraction of sp³-hybridized carbons (Fsp3) is 0.529. The Morgan fingerprint density at radius 3 is 2.68 bits per heavy atom. The Balaban J connectivity index is 1.56. The van der Waals surface area contributed by atoms with Gasteiger partial charge >= 0.3 is 0 Å². The van der Waals surface area contributed by atoms with E-state index < -0.39 is 0 Å². The summed E-state index contributed by atoms with van der Waals surface area (Å²) in [6.07, 6.45) is 5.35. The molecule has 0 radical (unpaired) electrons. The molecule has 134 valence electrons. The number of tetrazole rings is 1. The van der Waals surface area contributed by atoms with Crippen molar-refractivity contribution in [1.29, 1.82) is 0 Å². The standard InChI is InChI=1S/C17H23N5O3/c1-24-14-7-8-16(25-2)15(9-14)19-17(23)13-5-3-12(4-6-13)10-22-11-18-20-21-22/h7-9,11-13H,3-6,10H2,1-2H3,(H,19,23). The summed E-state index contributed by atoms with van der Waals surface area (Å²) >= 11 is 0. The second-order valence-electron chi connectivity index (χ2n) is 6.30. The van der Waals surface area contributed by atoms with Crippen LogP contribution in [0.4, 0.5) is 5.69 Å². The molecule has 0 bridgehead atoms. The number of hydrogen-bond acceptors (Lipinski definition) is 6. The second kappa shape index (κ2) is 7.96. The van der Waals surface area contributed by atoms with Crippen molar-refractivity contribution in [1.82, 2.24) is 20.2 Å². The van der Waals surface area contributed by atoms with Gasteiger partial charge in [0.1, 0.15) is 17.8 Å². The Morgan fingerprint density at radius 1 is 1.24 bits per heavy atom. The van der Waals surface area contributed by atoms with Gasteiger partial charge in [0.15, 0.2) is 0 Å². The number of benzene rings is 1. The van der Waals surface area contributed by atoms with Crippen LogP contribution in [0.1, 0.15) is 25.7 Å². The van der Waals surface area contributed by atoms with Crippen molar-refractivity contribution in [2.75, 3.05) is 19.5 Å². The number of anilines is 1. The number of hydrogen-bond donors (Lipinski definition) is 1. The Bertz CT molecular complexity index is 696. The summed E-state index contributed by atoms with van der Waals surface area (Å²) in [6, 6.07) is 5.37. The minimum Gasteiger partial charge on any atom is -0.497 e. The lowest BCUT2D eigenvalue weighted by Crippen LogP contribution is -2.28.